The molecule has 0 saturated carbocycles. The highest BCUT2D eigenvalue weighted by molar-refractivity contribution is 6.10. The van der Waals surface area contributed by atoms with Crippen molar-refractivity contribution in [2.45, 2.75) is 13.8 Å². The van der Waals surface area contributed by atoms with Crippen molar-refractivity contribution >= 4 is 21.8 Å². The third kappa shape index (κ3) is 7.26. The first kappa shape index (κ1) is 37.7. The van der Waals surface area contributed by atoms with Gasteiger partial charge in [0.25, 0.3) is 0 Å². The maximum atomic E-state index is 5.42. The van der Waals surface area contributed by atoms with Crippen molar-refractivity contribution in [1.82, 2.24) is 24.5 Å². The van der Waals surface area contributed by atoms with Gasteiger partial charge in [0.1, 0.15) is 0 Å². The molecule has 0 aliphatic heterocycles. The fourth-order valence-corrected chi connectivity index (χ4v) is 8.77. The summed E-state index contributed by atoms with van der Waals surface area (Å²) in [5.74, 6) is 1.27. The number of para-hydroxylation sites is 1. The number of hydrogen-bond acceptors (Lipinski definition) is 4. The van der Waals surface area contributed by atoms with Gasteiger partial charge in [-0.15, -0.1) is 0 Å². The number of hydrogen-bond donors (Lipinski definition) is 0. The standard InChI is InChI=1S/C58H41N5/c1-38-31-39(2)33-46(32-38)44-27-29-48-47-25-15-16-26-54(47)63(56(48)35-44)55-30-28-45(53-37-50(40-17-7-3-8-18-40)59-57(60-53)43-23-13-6-14-24-43)34-49(55)58-61-51(41-19-9-4-10-20-41)36-52(62-58)42-21-11-5-12-22-42/h3-37H,1-2H3. The highest BCUT2D eigenvalue weighted by atomic mass is 15.0. The summed E-state index contributed by atoms with van der Waals surface area (Å²) in [7, 11) is 0. The number of aryl methyl sites for hydroxylation is 2. The SMILES string of the molecule is Cc1cc(C)cc(-c2ccc3c4ccccc4n(-c4ccc(-c5cc(-c6ccccc6)nc(-c6ccccc6)n5)cc4-c4nc(-c5ccccc5)cc(-c5ccccc5)n4)c3c2)c1. The molecule has 3 heterocycles. The molecule has 0 saturated heterocycles. The zero-order valence-electron chi connectivity index (χ0n) is 34.9. The van der Waals surface area contributed by atoms with Gasteiger partial charge in [0.15, 0.2) is 11.6 Å². The predicted octanol–water partition coefficient (Wildman–Crippen LogP) is 14.6. The zero-order chi connectivity index (χ0) is 42.3. The molecule has 0 amide bonds. The van der Waals surface area contributed by atoms with E-state index in [1.54, 1.807) is 0 Å². The van der Waals surface area contributed by atoms with E-state index in [0.29, 0.717) is 11.6 Å². The largest absolute Gasteiger partial charge is 0.308 e. The second-order valence-corrected chi connectivity index (χ2v) is 16.1. The molecule has 3 aromatic heterocycles. The Labute approximate surface area is 366 Å². The Balaban J connectivity index is 1.21. The molecule has 0 N–H and O–H groups in total. The van der Waals surface area contributed by atoms with Gasteiger partial charge in [0, 0.05) is 44.2 Å². The summed E-state index contributed by atoms with van der Waals surface area (Å²) in [4.78, 5) is 21.2. The van der Waals surface area contributed by atoms with E-state index in [1.807, 2.05) is 48.5 Å². The summed E-state index contributed by atoms with van der Waals surface area (Å²) in [6, 6.07) is 74.3. The maximum absolute atomic E-state index is 5.42. The molecule has 5 nitrogen and oxygen atoms in total. The van der Waals surface area contributed by atoms with Crippen LogP contribution >= 0.6 is 0 Å². The summed E-state index contributed by atoms with van der Waals surface area (Å²) in [5, 5.41) is 2.35. The molecular weight excluding hydrogens is 767 g/mol. The Kier molecular flexibility index (Phi) is 9.55. The second kappa shape index (κ2) is 16.0. The van der Waals surface area contributed by atoms with Crippen LogP contribution in [0, 0.1) is 13.8 Å². The van der Waals surface area contributed by atoms with E-state index in [-0.39, 0.29) is 0 Å². The lowest BCUT2D eigenvalue weighted by molar-refractivity contribution is 1.13. The van der Waals surface area contributed by atoms with Crippen LogP contribution in [-0.2, 0) is 0 Å². The second-order valence-electron chi connectivity index (χ2n) is 16.1. The zero-order valence-corrected chi connectivity index (χ0v) is 34.9. The summed E-state index contributed by atoms with van der Waals surface area (Å²) >= 11 is 0. The van der Waals surface area contributed by atoms with Crippen LogP contribution in [0.5, 0.6) is 0 Å². The van der Waals surface area contributed by atoms with Crippen molar-refractivity contribution in [2.75, 3.05) is 0 Å². The van der Waals surface area contributed by atoms with Gasteiger partial charge >= 0.3 is 0 Å². The molecule has 0 fully saturated rings. The topological polar surface area (TPSA) is 56.5 Å². The first-order valence-corrected chi connectivity index (χ1v) is 21.3. The van der Waals surface area contributed by atoms with Crippen molar-refractivity contribution < 1.29 is 0 Å². The molecule has 11 aromatic rings. The van der Waals surface area contributed by atoms with Crippen molar-refractivity contribution in [3.8, 4) is 84.6 Å². The Hall–Kier alpha value is -8.28. The quantitative estimate of drug-likeness (QED) is 0.153. The average molecular weight is 808 g/mol. The van der Waals surface area contributed by atoms with Crippen molar-refractivity contribution in [3.05, 3.63) is 223 Å². The monoisotopic (exact) mass is 807 g/mol. The van der Waals surface area contributed by atoms with Gasteiger partial charge in [-0.3, -0.25) is 0 Å². The van der Waals surface area contributed by atoms with Crippen LogP contribution in [0.15, 0.2) is 212 Å². The highest BCUT2D eigenvalue weighted by Gasteiger charge is 2.21. The van der Waals surface area contributed by atoms with Crippen molar-refractivity contribution in [3.63, 3.8) is 0 Å². The third-order valence-electron chi connectivity index (χ3n) is 11.7. The van der Waals surface area contributed by atoms with E-state index in [0.717, 1.165) is 78.4 Å². The lowest BCUT2D eigenvalue weighted by atomic mass is 9.99. The molecule has 0 radical (unpaired) electrons. The van der Waals surface area contributed by atoms with Gasteiger partial charge in [0.05, 0.1) is 39.5 Å². The van der Waals surface area contributed by atoms with E-state index < -0.39 is 0 Å². The maximum Gasteiger partial charge on any atom is 0.162 e. The Morgan fingerprint density at radius 2 is 0.762 bits per heavy atom. The Bertz CT molecular complexity index is 3320. The summed E-state index contributed by atoms with van der Waals surface area (Å²) in [6.45, 7) is 4.33. The van der Waals surface area contributed by atoms with Gasteiger partial charge < -0.3 is 4.57 Å². The molecule has 0 atom stereocenters. The molecule has 0 unspecified atom stereocenters. The van der Waals surface area contributed by atoms with Crippen LogP contribution in [-0.4, -0.2) is 24.5 Å². The molecule has 5 heteroatoms. The number of rotatable bonds is 8. The minimum Gasteiger partial charge on any atom is -0.308 e. The molecule has 0 aliphatic rings. The fourth-order valence-electron chi connectivity index (χ4n) is 8.77. The van der Waals surface area contributed by atoms with Gasteiger partial charge in [-0.1, -0.05) is 187 Å². The molecule has 8 aromatic carbocycles. The van der Waals surface area contributed by atoms with E-state index in [9.17, 15) is 0 Å². The van der Waals surface area contributed by atoms with E-state index in [4.69, 9.17) is 19.9 Å². The molecule has 63 heavy (non-hydrogen) atoms. The molecule has 298 valence electrons. The molecular formula is C58H41N5. The minimum atomic E-state index is 0.615. The van der Waals surface area contributed by atoms with Crippen LogP contribution in [0.3, 0.4) is 0 Å². The molecule has 11 rings (SSSR count). The first-order valence-electron chi connectivity index (χ1n) is 21.3. The number of fused-ring (bicyclic) bond motifs is 3. The summed E-state index contributed by atoms with van der Waals surface area (Å²) in [6.07, 6.45) is 0. The first-order chi connectivity index (χ1) is 31.0. The van der Waals surface area contributed by atoms with Gasteiger partial charge in [-0.25, -0.2) is 19.9 Å². The minimum absolute atomic E-state index is 0.615. The lowest BCUT2D eigenvalue weighted by Gasteiger charge is -2.17. The van der Waals surface area contributed by atoms with E-state index in [2.05, 4.69) is 182 Å². The Morgan fingerprint density at radius 1 is 0.302 bits per heavy atom. The van der Waals surface area contributed by atoms with Crippen molar-refractivity contribution in [1.29, 1.82) is 0 Å². The molecule has 0 spiro atoms. The van der Waals surface area contributed by atoms with E-state index >= 15 is 0 Å². The van der Waals surface area contributed by atoms with Gasteiger partial charge in [-0.2, -0.15) is 0 Å². The number of nitrogens with zero attached hydrogens (tertiary/aromatic N) is 5. The summed E-state index contributed by atoms with van der Waals surface area (Å²) in [5.41, 5.74) is 17.1. The van der Waals surface area contributed by atoms with Gasteiger partial charge in [-0.05, 0) is 61.4 Å². The average Bonchev–Trinajstić information content (AvgIpc) is 3.68. The summed E-state index contributed by atoms with van der Waals surface area (Å²) < 4.78 is 2.39. The van der Waals surface area contributed by atoms with Crippen LogP contribution in [0.2, 0.25) is 0 Å². The van der Waals surface area contributed by atoms with Crippen LogP contribution in [0.4, 0.5) is 0 Å². The third-order valence-corrected chi connectivity index (χ3v) is 11.7. The van der Waals surface area contributed by atoms with Crippen LogP contribution in [0.1, 0.15) is 11.1 Å². The normalized spacial score (nSPS) is 11.3. The lowest BCUT2D eigenvalue weighted by Crippen LogP contribution is -2.03. The van der Waals surface area contributed by atoms with Gasteiger partial charge in [0.2, 0.25) is 0 Å². The number of aromatic nitrogens is 5. The highest BCUT2D eigenvalue weighted by Crippen LogP contribution is 2.40. The predicted molar refractivity (Wildman–Crippen MR) is 259 cm³/mol. The molecule has 0 bridgehead atoms. The van der Waals surface area contributed by atoms with Crippen molar-refractivity contribution in [2.24, 2.45) is 0 Å². The van der Waals surface area contributed by atoms with Crippen LogP contribution in [0.25, 0.3) is 106 Å². The van der Waals surface area contributed by atoms with E-state index in [1.165, 1.54) is 27.5 Å². The Morgan fingerprint density at radius 3 is 1.33 bits per heavy atom. The number of benzene rings is 8. The fraction of sp³-hybridized carbons (Fsp3) is 0.0345. The smallest absolute Gasteiger partial charge is 0.162 e. The van der Waals surface area contributed by atoms with Crippen LogP contribution < -0.4 is 0 Å². The molecule has 0 aliphatic carbocycles.